The molecule has 0 unspecified atom stereocenters. The molecule has 3 rings (SSSR count). The van der Waals surface area contributed by atoms with Gasteiger partial charge in [-0.15, -0.1) is 0 Å². The van der Waals surface area contributed by atoms with E-state index in [4.69, 9.17) is 0 Å². The van der Waals surface area contributed by atoms with Crippen molar-refractivity contribution in [2.45, 2.75) is 0 Å². The second-order valence-electron chi connectivity index (χ2n) is 4.19. The van der Waals surface area contributed by atoms with Gasteiger partial charge in [-0.25, -0.2) is 0 Å². The van der Waals surface area contributed by atoms with Crippen LogP contribution in [0.25, 0.3) is 22.2 Å². The largest absolute Gasteiger partial charge is 0.353 e. The zero-order valence-electron chi connectivity index (χ0n) is 9.78. The summed E-state index contributed by atoms with van der Waals surface area (Å²) in [5, 5.41) is 0.661. The van der Waals surface area contributed by atoms with Gasteiger partial charge < -0.3 is 4.98 Å². The Balaban J connectivity index is 2.38. The topological polar surface area (TPSA) is 32.9 Å². The zero-order chi connectivity index (χ0) is 13.4. The summed E-state index contributed by atoms with van der Waals surface area (Å²) in [6, 6.07) is 15.2. The third-order valence-electron chi connectivity index (χ3n) is 2.97. The molecule has 0 saturated heterocycles. The number of fused-ring (bicyclic) bond motifs is 1. The van der Waals surface area contributed by atoms with Crippen LogP contribution in [0.3, 0.4) is 0 Å². The molecule has 2 aromatic carbocycles. The number of hydrogen-bond donors (Lipinski definition) is 1. The molecule has 2 nitrogen and oxygen atoms in total. The third kappa shape index (κ3) is 2.26. The Morgan fingerprint density at radius 2 is 1.58 bits per heavy atom. The minimum Gasteiger partial charge on any atom is -0.353 e. The first kappa shape index (κ1) is 12.6. The first-order valence-electron chi connectivity index (χ1n) is 5.73. The van der Waals surface area contributed by atoms with Gasteiger partial charge in [0.1, 0.15) is 0 Å². The Bertz CT molecular complexity index is 809. The number of halogens is 2. The van der Waals surface area contributed by atoms with Gasteiger partial charge in [-0.05, 0) is 49.6 Å². The van der Waals surface area contributed by atoms with Gasteiger partial charge >= 0.3 is 0 Å². The van der Waals surface area contributed by atoms with Crippen molar-refractivity contribution in [2.24, 2.45) is 0 Å². The van der Waals surface area contributed by atoms with Gasteiger partial charge in [-0.2, -0.15) is 0 Å². The first-order chi connectivity index (χ1) is 9.16. The minimum atomic E-state index is 0.000720. The SMILES string of the molecule is O=c1cc(-c2ccccc2)[nH]c2c(Br)ccc(Br)c12. The van der Waals surface area contributed by atoms with Crippen LogP contribution in [0.1, 0.15) is 0 Å². The summed E-state index contributed by atoms with van der Waals surface area (Å²) in [7, 11) is 0. The molecular weight excluding hydrogens is 370 g/mol. The van der Waals surface area contributed by atoms with Crippen LogP contribution in [0, 0.1) is 0 Å². The van der Waals surface area contributed by atoms with Crippen molar-refractivity contribution in [1.29, 1.82) is 0 Å². The highest BCUT2D eigenvalue weighted by atomic mass is 79.9. The molecule has 4 heteroatoms. The maximum absolute atomic E-state index is 12.3. The summed E-state index contributed by atoms with van der Waals surface area (Å²) < 4.78 is 1.67. The van der Waals surface area contributed by atoms with Crippen molar-refractivity contribution in [2.75, 3.05) is 0 Å². The first-order valence-corrected chi connectivity index (χ1v) is 7.32. The van der Waals surface area contributed by atoms with Crippen molar-refractivity contribution in [3.8, 4) is 11.3 Å². The highest BCUT2D eigenvalue weighted by molar-refractivity contribution is 9.11. The molecule has 3 aromatic rings. The van der Waals surface area contributed by atoms with Gasteiger partial charge in [0.05, 0.1) is 10.9 Å². The normalized spacial score (nSPS) is 10.8. The summed E-state index contributed by atoms with van der Waals surface area (Å²) >= 11 is 6.90. The number of nitrogens with one attached hydrogen (secondary N) is 1. The Morgan fingerprint density at radius 3 is 2.32 bits per heavy atom. The number of H-pyrrole nitrogens is 1. The van der Waals surface area contributed by atoms with E-state index in [1.54, 1.807) is 6.07 Å². The number of rotatable bonds is 1. The molecule has 0 amide bonds. The maximum atomic E-state index is 12.3. The lowest BCUT2D eigenvalue weighted by Crippen LogP contribution is -2.04. The van der Waals surface area contributed by atoms with E-state index in [9.17, 15) is 4.79 Å². The Hall–Kier alpha value is -1.39. The number of benzene rings is 2. The van der Waals surface area contributed by atoms with E-state index < -0.39 is 0 Å². The third-order valence-corrected chi connectivity index (χ3v) is 4.29. The van der Waals surface area contributed by atoms with Crippen molar-refractivity contribution >= 4 is 42.8 Å². The summed E-state index contributed by atoms with van der Waals surface area (Å²) in [5.41, 5.74) is 2.62. The number of pyridine rings is 1. The van der Waals surface area contributed by atoms with Crippen molar-refractivity contribution < 1.29 is 0 Å². The van der Waals surface area contributed by atoms with E-state index in [1.165, 1.54) is 0 Å². The van der Waals surface area contributed by atoms with E-state index in [-0.39, 0.29) is 5.43 Å². The van der Waals surface area contributed by atoms with Crippen LogP contribution in [-0.4, -0.2) is 4.98 Å². The molecule has 0 aliphatic heterocycles. The van der Waals surface area contributed by atoms with Gasteiger partial charge in [-0.3, -0.25) is 4.79 Å². The Labute approximate surface area is 126 Å². The van der Waals surface area contributed by atoms with Gasteiger partial charge in [0.25, 0.3) is 0 Å². The average Bonchev–Trinajstić information content (AvgIpc) is 2.43. The van der Waals surface area contributed by atoms with Crippen molar-refractivity contribution in [3.63, 3.8) is 0 Å². The van der Waals surface area contributed by atoms with E-state index in [0.717, 1.165) is 25.7 Å². The fourth-order valence-electron chi connectivity index (χ4n) is 2.06. The van der Waals surface area contributed by atoms with E-state index in [0.29, 0.717) is 5.39 Å². The fraction of sp³-hybridized carbons (Fsp3) is 0. The number of aromatic nitrogens is 1. The van der Waals surface area contributed by atoms with Gasteiger partial charge in [0.15, 0.2) is 5.43 Å². The second kappa shape index (κ2) is 4.94. The highest BCUT2D eigenvalue weighted by Crippen LogP contribution is 2.28. The molecule has 0 bridgehead atoms. The lowest BCUT2D eigenvalue weighted by Gasteiger charge is -2.07. The van der Waals surface area contributed by atoms with Crippen LogP contribution >= 0.6 is 31.9 Å². The molecule has 0 spiro atoms. The fourth-order valence-corrected chi connectivity index (χ4v) is 3.02. The maximum Gasteiger partial charge on any atom is 0.191 e. The number of hydrogen-bond acceptors (Lipinski definition) is 1. The highest BCUT2D eigenvalue weighted by Gasteiger charge is 2.09. The molecule has 0 aliphatic carbocycles. The molecule has 0 saturated carbocycles. The van der Waals surface area contributed by atoms with E-state index in [1.807, 2.05) is 42.5 Å². The summed E-state index contributed by atoms with van der Waals surface area (Å²) in [6.45, 7) is 0. The molecule has 0 atom stereocenters. The summed E-state index contributed by atoms with van der Waals surface area (Å²) in [5.74, 6) is 0. The van der Waals surface area contributed by atoms with Crippen LogP contribution in [0.2, 0.25) is 0 Å². The number of aromatic amines is 1. The Morgan fingerprint density at radius 1 is 0.895 bits per heavy atom. The predicted octanol–water partition coefficient (Wildman–Crippen LogP) is 4.72. The Kier molecular flexibility index (Phi) is 3.29. The summed E-state index contributed by atoms with van der Waals surface area (Å²) in [6.07, 6.45) is 0. The standard InChI is InChI=1S/C15H9Br2NO/c16-10-6-7-11(17)15-14(10)13(19)8-12(18-15)9-4-2-1-3-5-9/h1-8H,(H,18,19). The van der Waals surface area contributed by atoms with Crippen LogP contribution in [0.15, 0.2) is 62.3 Å². The van der Waals surface area contributed by atoms with Gasteiger partial charge in [-0.1, -0.05) is 30.3 Å². The lowest BCUT2D eigenvalue weighted by molar-refractivity contribution is 1.37. The molecule has 0 radical (unpaired) electrons. The second-order valence-corrected chi connectivity index (χ2v) is 5.90. The average molecular weight is 379 g/mol. The van der Waals surface area contributed by atoms with E-state index in [2.05, 4.69) is 36.8 Å². The van der Waals surface area contributed by atoms with Crippen LogP contribution < -0.4 is 5.43 Å². The molecule has 1 aromatic heterocycles. The van der Waals surface area contributed by atoms with E-state index >= 15 is 0 Å². The van der Waals surface area contributed by atoms with Crippen LogP contribution in [-0.2, 0) is 0 Å². The monoisotopic (exact) mass is 377 g/mol. The molecule has 1 N–H and O–H groups in total. The molecule has 0 aliphatic rings. The van der Waals surface area contributed by atoms with Crippen LogP contribution in [0.4, 0.5) is 0 Å². The van der Waals surface area contributed by atoms with Crippen molar-refractivity contribution in [3.05, 3.63) is 67.7 Å². The minimum absolute atomic E-state index is 0.000720. The quantitative estimate of drug-likeness (QED) is 0.652. The molecule has 94 valence electrons. The molecular formula is C15H9Br2NO. The van der Waals surface area contributed by atoms with Crippen molar-refractivity contribution in [1.82, 2.24) is 4.98 Å². The lowest BCUT2D eigenvalue weighted by atomic mass is 10.1. The van der Waals surface area contributed by atoms with Gasteiger partial charge in [0.2, 0.25) is 0 Å². The van der Waals surface area contributed by atoms with Gasteiger partial charge in [0, 0.05) is 20.7 Å². The summed E-state index contributed by atoms with van der Waals surface area (Å²) in [4.78, 5) is 15.6. The van der Waals surface area contributed by atoms with Crippen LogP contribution in [0.5, 0.6) is 0 Å². The molecule has 0 fully saturated rings. The smallest absolute Gasteiger partial charge is 0.191 e. The predicted molar refractivity (Wildman–Crippen MR) is 85.4 cm³/mol. The molecule has 1 heterocycles. The zero-order valence-corrected chi connectivity index (χ0v) is 13.0. The molecule has 19 heavy (non-hydrogen) atoms.